The van der Waals surface area contributed by atoms with Crippen molar-refractivity contribution in [1.29, 1.82) is 0 Å². The number of Topliss-reactive ketones (excluding diaryl/α,β-unsaturated/α-hetero) is 1. The van der Waals surface area contributed by atoms with E-state index >= 15 is 0 Å². The van der Waals surface area contributed by atoms with Crippen LogP contribution in [-0.2, 0) is 0 Å². The molecule has 0 N–H and O–H groups in total. The minimum Gasteiger partial charge on any atom is -0.497 e. The van der Waals surface area contributed by atoms with E-state index in [1.165, 1.54) is 23.9 Å². The lowest BCUT2D eigenvalue weighted by Gasteiger charge is -2.16. The number of para-hydroxylation sites is 1. The van der Waals surface area contributed by atoms with E-state index in [1.807, 2.05) is 30.3 Å². The molecule has 3 aromatic carbocycles. The van der Waals surface area contributed by atoms with Gasteiger partial charge in [0.1, 0.15) is 11.0 Å². The van der Waals surface area contributed by atoms with E-state index in [4.69, 9.17) is 4.74 Å². The minimum atomic E-state index is -0.724. The van der Waals surface area contributed by atoms with Gasteiger partial charge >= 0.3 is 0 Å². The van der Waals surface area contributed by atoms with Gasteiger partial charge in [0.25, 0.3) is 5.69 Å². The normalized spacial score (nSPS) is 11.7. The number of benzene rings is 3. The van der Waals surface area contributed by atoms with Crippen molar-refractivity contribution in [3.8, 4) is 11.4 Å². The minimum absolute atomic E-state index is 0.0523. The summed E-state index contributed by atoms with van der Waals surface area (Å²) in [4.78, 5) is 24.0. The number of hydrogen-bond acceptors (Lipinski definition) is 8. The SMILES string of the molecule is COc1ccc(C(=O)[C@@H](Sc2nnnn2-c2ccccc2)c2ccc([N+](=O)[O-])cc2)cc1. The Morgan fingerprint density at radius 1 is 1.03 bits per heavy atom. The highest BCUT2D eigenvalue weighted by atomic mass is 32.2. The highest BCUT2D eigenvalue weighted by Crippen LogP contribution is 2.38. The molecule has 0 fully saturated rings. The molecule has 0 aliphatic rings. The summed E-state index contributed by atoms with van der Waals surface area (Å²) < 4.78 is 6.72. The number of methoxy groups -OCH3 is 1. The predicted octanol–water partition coefficient (Wildman–Crippen LogP) is 4.30. The monoisotopic (exact) mass is 447 g/mol. The molecule has 0 saturated carbocycles. The molecule has 0 aliphatic carbocycles. The molecule has 32 heavy (non-hydrogen) atoms. The van der Waals surface area contributed by atoms with Crippen LogP contribution in [0.2, 0.25) is 0 Å². The second-order valence-electron chi connectivity index (χ2n) is 6.65. The molecule has 10 heteroatoms. The summed E-state index contributed by atoms with van der Waals surface area (Å²) in [6.07, 6.45) is 0. The number of carbonyl (C=O) groups excluding carboxylic acids is 1. The van der Waals surface area contributed by atoms with Crippen LogP contribution in [0.15, 0.2) is 84.0 Å². The highest BCUT2D eigenvalue weighted by molar-refractivity contribution is 8.00. The summed E-state index contributed by atoms with van der Waals surface area (Å²) in [5.41, 5.74) is 1.77. The summed E-state index contributed by atoms with van der Waals surface area (Å²) in [5.74, 6) is 0.447. The van der Waals surface area contributed by atoms with Gasteiger partial charge in [0.05, 0.1) is 17.7 Å². The number of carbonyl (C=O) groups is 1. The van der Waals surface area contributed by atoms with E-state index < -0.39 is 10.2 Å². The van der Waals surface area contributed by atoms with Gasteiger partial charge in [-0.05, 0) is 52.4 Å². The van der Waals surface area contributed by atoms with Gasteiger partial charge in [-0.1, -0.05) is 42.1 Å². The van der Waals surface area contributed by atoms with E-state index in [2.05, 4.69) is 15.5 Å². The summed E-state index contributed by atoms with van der Waals surface area (Å²) in [5, 5.41) is 22.6. The van der Waals surface area contributed by atoms with Gasteiger partial charge in [0.15, 0.2) is 5.78 Å². The number of aromatic nitrogens is 4. The van der Waals surface area contributed by atoms with Crippen LogP contribution < -0.4 is 4.74 Å². The van der Waals surface area contributed by atoms with Crippen molar-refractivity contribution in [3.05, 3.63) is 100 Å². The van der Waals surface area contributed by atoms with Gasteiger partial charge < -0.3 is 4.74 Å². The molecule has 4 aromatic rings. The van der Waals surface area contributed by atoms with Gasteiger partial charge in [0.2, 0.25) is 5.16 Å². The molecule has 1 heterocycles. The molecule has 1 atom stereocenters. The maximum absolute atomic E-state index is 13.5. The Morgan fingerprint density at radius 2 is 1.72 bits per heavy atom. The Balaban J connectivity index is 1.72. The number of nitro groups is 1. The molecule has 0 bridgehead atoms. The lowest BCUT2D eigenvalue weighted by atomic mass is 10.0. The Bertz CT molecular complexity index is 1230. The van der Waals surface area contributed by atoms with E-state index in [-0.39, 0.29) is 11.5 Å². The quantitative estimate of drug-likeness (QED) is 0.170. The largest absolute Gasteiger partial charge is 0.497 e. The zero-order valence-electron chi connectivity index (χ0n) is 16.9. The molecule has 0 saturated heterocycles. The van der Waals surface area contributed by atoms with Crippen LogP contribution in [0.4, 0.5) is 5.69 Å². The van der Waals surface area contributed by atoms with E-state index in [9.17, 15) is 14.9 Å². The smallest absolute Gasteiger partial charge is 0.269 e. The van der Waals surface area contributed by atoms with Crippen molar-refractivity contribution < 1.29 is 14.5 Å². The first-order valence-electron chi connectivity index (χ1n) is 9.50. The zero-order valence-corrected chi connectivity index (χ0v) is 17.7. The molecule has 0 spiro atoms. The number of hydrogen-bond donors (Lipinski definition) is 0. The Morgan fingerprint density at radius 3 is 2.34 bits per heavy atom. The standard InChI is InChI=1S/C22H17N5O4S/c1-31-19-13-9-15(10-14-19)20(28)21(16-7-11-18(12-8-16)27(29)30)32-22-23-24-25-26(22)17-5-3-2-4-6-17/h2-14,21H,1H3/t21-/m0/s1. The summed E-state index contributed by atoms with van der Waals surface area (Å²) in [7, 11) is 1.55. The van der Waals surface area contributed by atoms with Crippen LogP contribution in [0.3, 0.4) is 0 Å². The molecule has 0 unspecified atom stereocenters. The number of ether oxygens (including phenoxy) is 1. The maximum atomic E-state index is 13.5. The molecule has 0 radical (unpaired) electrons. The molecule has 0 aliphatic heterocycles. The van der Waals surface area contributed by atoms with Crippen LogP contribution >= 0.6 is 11.8 Å². The van der Waals surface area contributed by atoms with E-state index in [1.54, 1.807) is 48.2 Å². The topological polar surface area (TPSA) is 113 Å². The fourth-order valence-electron chi connectivity index (χ4n) is 3.04. The summed E-state index contributed by atoms with van der Waals surface area (Å²) >= 11 is 1.17. The first-order chi connectivity index (χ1) is 15.6. The second-order valence-corrected chi connectivity index (χ2v) is 7.72. The van der Waals surface area contributed by atoms with Crippen molar-refractivity contribution in [1.82, 2.24) is 20.2 Å². The van der Waals surface area contributed by atoms with Crippen molar-refractivity contribution in [2.45, 2.75) is 10.4 Å². The first kappa shape index (κ1) is 21.2. The fraction of sp³-hybridized carbons (Fsp3) is 0.0909. The third kappa shape index (κ3) is 4.49. The molecular weight excluding hydrogens is 430 g/mol. The highest BCUT2D eigenvalue weighted by Gasteiger charge is 2.27. The fourth-order valence-corrected chi connectivity index (χ4v) is 4.11. The average molecular weight is 447 g/mol. The van der Waals surface area contributed by atoms with Crippen molar-refractivity contribution >= 4 is 23.2 Å². The second kappa shape index (κ2) is 9.40. The van der Waals surface area contributed by atoms with Gasteiger partial charge in [-0.3, -0.25) is 14.9 Å². The number of nitrogens with zero attached hydrogens (tertiary/aromatic N) is 5. The van der Waals surface area contributed by atoms with Gasteiger partial charge in [-0.2, -0.15) is 4.68 Å². The molecular formula is C22H17N5O4S. The molecule has 0 amide bonds. The van der Waals surface area contributed by atoms with E-state index in [0.29, 0.717) is 22.0 Å². The van der Waals surface area contributed by atoms with Gasteiger partial charge in [0, 0.05) is 17.7 Å². The van der Waals surface area contributed by atoms with Crippen LogP contribution in [0.5, 0.6) is 5.75 Å². The summed E-state index contributed by atoms with van der Waals surface area (Å²) in [6, 6.07) is 22.0. The Labute approximate surface area is 187 Å². The van der Waals surface area contributed by atoms with Gasteiger partial charge in [-0.25, -0.2) is 0 Å². The van der Waals surface area contributed by atoms with Crippen molar-refractivity contribution in [2.75, 3.05) is 7.11 Å². The first-order valence-corrected chi connectivity index (χ1v) is 10.4. The summed E-state index contributed by atoms with van der Waals surface area (Å²) in [6.45, 7) is 0. The number of thioether (sulfide) groups is 1. The number of nitro benzene ring substituents is 1. The number of tetrazole rings is 1. The van der Waals surface area contributed by atoms with Crippen LogP contribution in [-0.4, -0.2) is 38.0 Å². The average Bonchev–Trinajstić information content (AvgIpc) is 3.31. The molecule has 9 nitrogen and oxygen atoms in total. The zero-order chi connectivity index (χ0) is 22.5. The molecule has 4 rings (SSSR count). The van der Waals surface area contributed by atoms with Crippen LogP contribution in [0.1, 0.15) is 21.2 Å². The number of rotatable bonds is 8. The third-order valence-corrected chi connectivity index (χ3v) is 5.87. The Hall–Kier alpha value is -4.05. The molecule has 160 valence electrons. The van der Waals surface area contributed by atoms with Crippen molar-refractivity contribution in [2.24, 2.45) is 0 Å². The third-order valence-electron chi connectivity index (χ3n) is 4.68. The van der Waals surface area contributed by atoms with Crippen LogP contribution in [0, 0.1) is 10.1 Å². The molecule has 1 aromatic heterocycles. The number of ketones is 1. The maximum Gasteiger partial charge on any atom is 0.269 e. The predicted molar refractivity (Wildman–Crippen MR) is 118 cm³/mol. The lowest BCUT2D eigenvalue weighted by Crippen LogP contribution is -2.11. The van der Waals surface area contributed by atoms with Crippen LogP contribution in [0.25, 0.3) is 5.69 Å². The lowest BCUT2D eigenvalue weighted by molar-refractivity contribution is -0.384. The Kier molecular flexibility index (Phi) is 6.22. The van der Waals surface area contributed by atoms with Crippen molar-refractivity contribution in [3.63, 3.8) is 0 Å². The van der Waals surface area contributed by atoms with E-state index in [0.717, 1.165) is 5.69 Å². The van der Waals surface area contributed by atoms with Gasteiger partial charge in [-0.15, -0.1) is 5.10 Å². The number of non-ortho nitro benzene ring substituents is 1.